The minimum absolute atomic E-state index is 0.498. The quantitative estimate of drug-likeness (QED) is 0.777. The molecule has 0 amide bonds. The Kier molecular flexibility index (Phi) is 5.33. The highest BCUT2D eigenvalue weighted by Gasteiger charge is 2.14. The number of rotatable bonds is 6. The van der Waals surface area contributed by atoms with Crippen LogP contribution in [-0.2, 0) is 0 Å². The molecule has 1 aromatic rings. The summed E-state index contributed by atoms with van der Waals surface area (Å²) in [6, 6.07) is 4.17. The van der Waals surface area contributed by atoms with Gasteiger partial charge in [0.25, 0.3) is 0 Å². The van der Waals surface area contributed by atoms with Crippen molar-refractivity contribution in [1.82, 2.24) is 4.98 Å². The molecule has 0 spiro atoms. The van der Waals surface area contributed by atoms with Crippen LogP contribution in [0.4, 0.5) is 0 Å². The van der Waals surface area contributed by atoms with E-state index in [1.54, 1.807) is 0 Å². The van der Waals surface area contributed by atoms with Gasteiger partial charge in [-0.1, -0.05) is 26.7 Å². The van der Waals surface area contributed by atoms with E-state index in [1.807, 2.05) is 12.4 Å². The van der Waals surface area contributed by atoms with Crippen molar-refractivity contribution in [3.8, 4) is 0 Å². The fourth-order valence-corrected chi connectivity index (χ4v) is 2.03. The summed E-state index contributed by atoms with van der Waals surface area (Å²) in [5.74, 6) is 1.30. The Labute approximate surface area is 92.9 Å². The lowest BCUT2D eigenvalue weighted by atomic mass is 9.87. The zero-order chi connectivity index (χ0) is 11.1. The Morgan fingerprint density at radius 1 is 1.20 bits per heavy atom. The van der Waals surface area contributed by atoms with Gasteiger partial charge in [-0.2, -0.15) is 0 Å². The van der Waals surface area contributed by atoms with Crippen molar-refractivity contribution in [2.45, 2.75) is 39.0 Å². The lowest BCUT2D eigenvalue weighted by Crippen LogP contribution is -2.16. The van der Waals surface area contributed by atoms with Gasteiger partial charge in [0.15, 0.2) is 0 Å². The molecule has 0 aliphatic rings. The Hall–Kier alpha value is -0.890. The minimum atomic E-state index is 0.498. The second-order valence-corrected chi connectivity index (χ2v) is 4.13. The Balaban J connectivity index is 2.64. The van der Waals surface area contributed by atoms with Gasteiger partial charge >= 0.3 is 0 Å². The highest BCUT2D eigenvalue weighted by molar-refractivity contribution is 5.16. The molecule has 0 saturated carbocycles. The van der Waals surface area contributed by atoms with Crippen LogP contribution in [0.25, 0.3) is 0 Å². The first kappa shape index (κ1) is 12.2. The average Bonchev–Trinajstić information content (AvgIpc) is 2.32. The molecule has 0 radical (unpaired) electrons. The summed E-state index contributed by atoms with van der Waals surface area (Å²) in [6.45, 7) is 5.25. The van der Waals surface area contributed by atoms with E-state index in [0.29, 0.717) is 5.92 Å². The van der Waals surface area contributed by atoms with Crippen molar-refractivity contribution in [3.63, 3.8) is 0 Å². The zero-order valence-corrected chi connectivity index (χ0v) is 9.82. The lowest BCUT2D eigenvalue weighted by Gasteiger charge is -2.20. The van der Waals surface area contributed by atoms with Gasteiger partial charge in [-0.3, -0.25) is 4.98 Å². The standard InChI is InChI=1S/C13H22N2/c1-3-11(4-2)9-13(10-14)12-5-7-15-8-6-12/h5-8,11,13H,3-4,9-10,14H2,1-2H3. The van der Waals surface area contributed by atoms with E-state index in [0.717, 1.165) is 12.5 Å². The molecule has 15 heavy (non-hydrogen) atoms. The van der Waals surface area contributed by atoms with Crippen LogP contribution in [-0.4, -0.2) is 11.5 Å². The minimum Gasteiger partial charge on any atom is -0.330 e. The summed E-state index contributed by atoms with van der Waals surface area (Å²) in [7, 11) is 0. The number of nitrogens with zero attached hydrogens (tertiary/aromatic N) is 1. The first-order chi connectivity index (χ1) is 7.31. The predicted molar refractivity (Wildman–Crippen MR) is 64.7 cm³/mol. The molecule has 1 aromatic heterocycles. The van der Waals surface area contributed by atoms with Crippen molar-refractivity contribution in [2.75, 3.05) is 6.54 Å². The van der Waals surface area contributed by atoms with Crippen molar-refractivity contribution < 1.29 is 0 Å². The molecule has 0 aliphatic carbocycles. The maximum Gasteiger partial charge on any atom is 0.0270 e. The number of hydrogen-bond acceptors (Lipinski definition) is 2. The Morgan fingerprint density at radius 3 is 2.27 bits per heavy atom. The van der Waals surface area contributed by atoms with E-state index in [-0.39, 0.29) is 0 Å². The van der Waals surface area contributed by atoms with Gasteiger partial charge in [-0.15, -0.1) is 0 Å². The van der Waals surface area contributed by atoms with Gasteiger partial charge in [-0.05, 0) is 42.5 Å². The monoisotopic (exact) mass is 206 g/mol. The zero-order valence-electron chi connectivity index (χ0n) is 9.82. The van der Waals surface area contributed by atoms with Crippen LogP contribution in [0.3, 0.4) is 0 Å². The number of nitrogens with two attached hydrogens (primary N) is 1. The normalized spacial score (nSPS) is 13.1. The van der Waals surface area contributed by atoms with Gasteiger partial charge in [0.2, 0.25) is 0 Å². The van der Waals surface area contributed by atoms with Crippen LogP contribution in [0, 0.1) is 5.92 Å². The van der Waals surface area contributed by atoms with Crippen molar-refractivity contribution in [1.29, 1.82) is 0 Å². The highest BCUT2D eigenvalue weighted by atomic mass is 14.6. The van der Waals surface area contributed by atoms with Crippen LogP contribution in [0.15, 0.2) is 24.5 Å². The predicted octanol–water partition coefficient (Wildman–Crippen LogP) is 2.95. The summed E-state index contributed by atoms with van der Waals surface area (Å²) in [4.78, 5) is 4.04. The van der Waals surface area contributed by atoms with E-state index in [9.17, 15) is 0 Å². The average molecular weight is 206 g/mol. The van der Waals surface area contributed by atoms with E-state index in [4.69, 9.17) is 5.73 Å². The first-order valence-corrected chi connectivity index (χ1v) is 5.91. The second-order valence-electron chi connectivity index (χ2n) is 4.13. The molecule has 0 fully saturated rings. The molecule has 84 valence electrons. The molecule has 2 nitrogen and oxygen atoms in total. The fraction of sp³-hybridized carbons (Fsp3) is 0.615. The molecule has 0 aliphatic heterocycles. The number of aromatic nitrogens is 1. The van der Waals surface area contributed by atoms with E-state index in [2.05, 4.69) is 31.0 Å². The molecule has 0 aromatic carbocycles. The SMILES string of the molecule is CCC(CC)CC(CN)c1ccncc1. The Morgan fingerprint density at radius 2 is 1.80 bits per heavy atom. The molecule has 1 unspecified atom stereocenters. The smallest absolute Gasteiger partial charge is 0.0270 e. The van der Waals surface area contributed by atoms with Gasteiger partial charge in [0, 0.05) is 12.4 Å². The van der Waals surface area contributed by atoms with Crippen LogP contribution < -0.4 is 5.73 Å². The molecule has 1 atom stereocenters. The van der Waals surface area contributed by atoms with Gasteiger partial charge in [-0.25, -0.2) is 0 Å². The van der Waals surface area contributed by atoms with E-state index in [1.165, 1.54) is 24.8 Å². The summed E-state index contributed by atoms with van der Waals surface area (Å²) in [6.07, 6.45) is 7.40. The van der Waals surface area contributed by atoms with Crippen molar-refractivity contribution in [3.05, 3.63) is 30.1 Å². The summed E-state index contributed by atoms with van der Waals surface area (Å²) in [5, 5.41) is 0. The van der Waals surface area contributed by atoms with Crippen LogP contribution in [0.1, 0.15) is 44.6 Å². The molecule has 0 bridgehead atoms. The second kappa shape index (κ2) is 6.57. The molecular weight excluding hydrogens is 184 g/mol. The van der Waals surface area contributed by atoms with Crippen LogP contribution in [0.2, 0.25) is 0 Å². The Bertz CT molecular complexity index is 254. The molecule has 1 rings (SSSR count). The highest BCUT2D eigenvalue weighted by Crippen LogP contribution is 2.25. The maximum atomic E-state index is 5.84. The van der Waals surface area contributed by atoms with E-state index < -0.39 is 0 Å². The van der Waals surface area contributed by atoms with Gasteiger partial charge in [0.05, 0.1) is 0 Å². The van der Waals surface area contributed by atoms with Crippen molar-refractivity contribution >= 4 is 0 Å². The van der Waals surface area contributed by atoms with Crippen molar-refractivity contribution in [2.24, 2.45) is 11.7 Å². The third-order valence-corrected chi connectivity index (χ3v) is 3.23. The maximum absolute atomic E-state index is 5.84. The molecular formula is C13H22N2. The molecule has 0 saturated heterocycles. The summed E-state index contributed by atoms with van der Waals surface area (Å²) in [5.41, 5.74) is 7.17. The van der Waals surface area contributed by atoms with Gasteiger partial charge < -0.3 is 5.73 Å². The van der Waals surface area contributed by atoms with Crippen LogP contribution >= 0.6 is 0 Å². The fourth-order valence-electron chi connectivity index (χ4n) is 2.03. The lowest BCUT2D eigenvalue weighted by molar-refractivity contribution is 0.412. The molecule has 2 heteroatoms. The third-order valence-electron chi connectivity index (χ3n) is 3.23. The molecule has 1 heterocycles. The first-order valence-electron chi connectivity index (χ1n) is 5.91. The van der Waals surface area contributed by atoms with Crippen LogP contribution in [0.5, 0.6) is 0 Å². The van der Waals surface area contributed by atoms with E-state index >= 15 is 0 Å². The molecule has 2 N–H and O–H groups in total. The topological polar surface area (TPSA) is 38.9 Å². The third kappa shape index (κ3) is 3.63. The number of pyridine rings is 1. The number of hydrogen-bond donors (Lipinski definition) is 1. The van der Waals surface area contributed by atoms with Gasteiger partial charge in [0.1, 0.15) is 0 Å². The summed E-state index contributed by atoms with van der Waals surface area (Å²) < 4.78 is 0. The largest absolute Gasteiger partial charge is 0.330 e. The summed E-state index contributed by atoms with van der Waals surface area (Å²) >= 11 is 0.